The Balaban J connectivity index is 4.41. The molecule has 0 saturated carbocycles. The van der Waals surface area contributed by atoms with Gasteiger partial charge in [0, 0.05) is 5.41 Å². The van der Waals surface area contributed by atoms with Crippen LogP contribution in [0.3, 0.4) is 0 Å². The number of nitrogens with two attached hydrogens (primary N) is 1. The second-order valence-electron chi connectivity index (χ2n) is 3.46. The molecule has 0 aromatic carbocycles. The Morgan fingerprint density at radius 3 is 2.08 bits per heavy atom. The van der Waals surface area contributed by atoms with Gasteiger partial charge in [0.05, 0.1) is 6.54 Å². The van der Waals surface area contributed by atoms with Gasteiger partial charge >= 0.3 is 0 Å². The van der Waals surface area contributed by atoms with E-state index >= 15 is 0 Å². The third-order valence-corrected chi connectivity index (χ3v) is 1.24. The Morgan fingerprint density at radius 2 is 1.83 bits per heavy atom. The number of hydroxylamine groups is 2. The van der Waals surface area contributed by atoms with Crippen LogP contribution in [0, 0.1) is 5.41 Å². The third-order valence-electron chi connectivity index (χ3n) is 1.24. The first-order chi connectivity index (χ1) is 5.30. The van der Waals surface area contributed by atoms with Crippen LogP contribution in [-0.4, -0.2) is 28.6 Å². The van der Waals surface area contributed by atoms with Crippen LogP contribution in [0.15, 0.2) is 0 Å². The zero-order valence-corrected chi connectivity index (χ0v) is 7.50. The summed E-state index contributed by atoms with van der Waals surface area (Å²) in [6.07, 6.45) is 0. The Kier molecular flexibility index (Phi) is 3.36. The minimum absolute atomic E-state index is 0.0694. The lowest BCUT2D eigenvalue weighted by molar-refractivity contribution is -0.184. The van der Waals surface area contributed by atoms with Crippen LogP contribution in [0.2, 0.25) is 0 Å². The van der Waals surface area contributed by atoms with E-state index in [-0.39, 0.29) is 11.6 Å². The molecule has 0 radical (unpaired) electrons. The lowest BCUT2D eigenvalue weighted by atomic mass is 9.95. The summed E-state index contributed by atoms with van der Waals surface area (Å²) in [5.74, 6) is -1.45. The first-order valence-electron chi connectivity index (χ1n) is 3.57. The fraction of sp³-hybridized carbons (Fsp3) is 0.714. The molecule has 0 atom stereocenters. The van der Waals surface area contributed by atoms with Gasteiger partial charge in [-0.05, 0) is 0 Å². The maximum Gasteiger partial charge on any atom is 0.267 e. The van der Waals surface area contributed by atoms with Crippen LogP contribution in [0.25, 0.3) is 0 Å². The molecule has 0 rings (SSSR count). The van der Waals surface area contributed by atoms with Gasteiger partial charge in [-0.1, -0.05) is 20.8 Å². The molecule has 0 bridgehead atoms. The predicted molar refractivity (Wildman–Crippen MR) is 42.1 cm³/mol. The molecule has 0 unspecified atom stereocenters. The molecule has 0 heterocycles. The highest BCUT2D eigenvalue weighted by molar-refractivity contribution is 5.96. The summed E-state index contributed by atoms with van der Waals surface area (Å²) in [6.45, 7) is 4.42. The van der Waals surface area contributed by atoms with Crippen molar-refractivity contribution < 1.29 is 14.8 Å². The lowest BCUT2D eigenvalue weighted by Gasteiger charge is -2.21. The Bertz CT molecular complexity index is 195. The summed E-state index contributed by atoms with van der Waals surface area (Å²) >= 11 is 0. The molecule has 0 aliphatic rings. The molecule has 12 heavy (non-hydrogen) atoms. The van der Waals surface area contributed by atoms with Crippen molar-refractivity contribution in [2.45, 2.75) is 20.8 Å². The van der Waals surface area contributed by atoms with Crippen molar-refractivity contribution in [3.63, 3.8) is 0 Å². The third kappa shape index (κ3) is 2.60. The van der Waals surface area contributed by atoms with E-state index in [0.717, 1.165) is 0 Å². The summed E-state index contributed by atoms with van der Waals surface area (Å²) in [4.78, 5) is 21.9. The van der Waals surface area contributed by atoms with Crippen LogP contribution in [0.4, 0.5) is 0 Å². The average Bonchev–Trinajstić information content (AvgIpc) is 1.98. The highest BCUT2D eigenvalue weighted by Gasteiger charge is 2.29. The molecule has 0 saturated heterocycles. The van der Waals surface area contributed by atoms with Crippen molar-refractivity contribution in [3.05, 3.63) is 0 Å². The monoisotopic (exact) mass is 174 g/mol. The van der Waals surface area contributed by atoms with Crippen LogP contribution in [0.1, 0.15) is 20.8 Å². The van der Waals surface area contributed by atoms with Gasteiger partial charge in [0.1, 0.15) is 0 Å². The molecule has 0 aliphatic heterocycles. The number of rotatable bonds is 1. The number of carbonyl (C=O) groups excluding carboxylic acids is 2. The Hall–Kier alpha value is -0.940. The number of nitrogens with zero attached hydrogens (tertiary/aromatic N) is 1. The molecule has 0 aliphatic carbocycles. The number of amides is 2. The summed E-state index contributed by atoms with van der Waals surface area (Å²) in [6, 6.07) is 0. The van der Waals surface area contributed by atoms with Crippen LogP contribution < -0.4 is 5.73 Å². The molecule has 0 aromatic rings. The number of hydrogen-bond donors (Lipinski definition) is 2. The molecule has 0 spiro atoms. The van der Waals surface area contributed by atoms with E-state index < -0.39 is 17.2 Å². The fourth-order valence-corrected chi connectivity index (χ4v) is 0.517. The minimum atomic E-state index is -0.796. The van der Waals surface area contributed by atoms with Crippen molar-refractivity contribution >= 4 is 11.8 Å². The van der Waals surface area contributed by atoms with E-state index in [1.807, 2.05) is 0 Å². The standard InChI is InChI=1S/C7H14N2O3/c1-7(2,3)6(11)9(12)5(10)4-8/h12H,4,8H2,1-3H3. The van der Waals surface area contributed by atoms with Gasteiger partial charge in [0.15, 0.2) is 0 Å². The minimum Gasteiger partial charge on any atom is -0.322 e. The van der Waals surface area contributed by atoms with Gasteiger partial charge < -0.3 is 5.73 Å². The maximum absolute atomic E-state index is 11.2. The molecular weight excluding hydrogens is 160 g/mol. The zero-order valence-electron chi connectivity index (χ0n) is 7.50. The largest absolute Gasteiger partial charge is 0.322 e. The second-order valence-corrected chi connectivity index (χ2v) is 3.46. The smallest absolute Gasteiger partial charge is 0.267 e. The number of carbonyl (C=O) groups is 2. The molecule has 70 valence electrons. The highest BCUT2D eigenvalue weighted by atomic mass is 16.5. The van der Waals surface area contributed by atoms with Crippen LogP contribution >= 0.6 is 0 Å². The Morgan fingerprint density at radius 1 is 1.42 bits per heavy atom. The van der Waals surface area contributed by atoms with Crippen molar-refractivity contribution in [3.8, 4) is 0 Å². The number of imide groups is 1. The summed E-state index contributed by atoms with van der Waals surface area (Å²) in [5, 5.41) is 9.05. The second kappa shape index (κ2) is 3.64. The van der Waals surface area contributed by atoms with Crippen LogP contribution in [-0.2, 0) is 9.59 Å². The molecule has 0 fully saturated rings. The summed E-state index contributed by atoms with van der Waals surface area (Å²) in [7, 11) is 0. The average molecular weight is 174 g/mol. The molecular formula is C7H14N2O3. The molecule has 5 heteroatoms. The summed E-state index contributed by atoms with van der Waals surface area (Å²) in [5.41, 5.74) is 4.17. The molecule has 2 amide bonds. The van der Waals surface area contributed by atoms with Gasteiger partial charge in [-0.25, -0.2) is 0 Å². The van der Waals surface area contributed by atoms with E-state index in [4.69, 9.17) is 10.9 Å². The topological polar surface area (TPSA) is 83.6 Å². The fourth-order valence-electron chi connectivity index (χ4n) is 0.517. The SMILES string of the molecule is CC(C)(C)C(=O)N(O)C(=O)CN. The molecule has 0 aromatic heterocycles. The molecule has 5 nitrogen and oxygen atoms in total. The highest BCUT2D eigenvalue weighted by Crippen LogP contribution is 2.15. The molecule has 3 N–H and O–H groups in total. The van der Waals surface area contributed by atoms with E-state index in [1.54, 1.807) is 20.8 Å². The van der Waals surface area contributed by atoms with E-state index in [2.05, 4.69) is 0 Å². The van der Waals surface area contributed by atoms with E-state index in [1.165, 1.54) is 0 Å². The van der Waals surface area contributed by atoms with Crippen molar-refractivity contribution in [1.29, 1.82) is 0 Å². The normalized spacial score (nSPS) is 11.1. The van der Waals surface area contributed by atoms with E-state index in [0.29, 0.717) is 0 Å². The quantitative estimate of drug-likeness (QED) is 0.423. The van der Waals surface area contributed by atoms with Crippen molar-refractivity contribution in [1.82, 2.24) is 5.06 Å². The van der Waals surface area contributed by atoms with Gasteiger partial charge in [-0.15, -0.1) is 0 Å². The first kappa shape index (κ1) is 11.1. The summed E-state index contributed by atoms with van der Waals surface area (Å²) < 4.78 is 0. The van der Waals surface area contributed by atoms with Crippen molar-refractivity contribution in [2.75, 3.05) is 6.54 Å². The van der Waals surface area contributed by atoms with E-state index in [9.17, 15) is 9.59 Å². The van der Waals surface area contributed by atoms with Gasteiger partial charge in [0.2, 0.25) is 0 Å². The maximum atomic E-state index is 11.2. The van der Waals surface area contributed by atoms with Crippen molar-refractivity contribution in [2.24, 2.45) is 11.1 Å². The zero-order chi connectivity index (χ0) is 9.94. The van der Waals surface area contributed by atoms with Gasteiger partial charge in [-0.3, -0.25) is 14.8 Å². The Labute approximate surface area is 71.1 Å². The number of hydrogen-bond acceptors (Lipinski definition) is 4. The van der Waals surface area contributed by atoms with Gasteiger partial charge in [0.25, 0.3) is 11.8 Å². The van der Waals surface area contributed by atoms with Crippen LogP contribution in [0.5, 0.6) is 0 Å². The van der Waals surface area contributed by atoms with Gasteiger partial charge in [-0.2, -0.15) is 5.06 Å². The predicted octanol–water partition coefficient (Wildman–Crippen LogP) is -0.264. The first-order valence-corrected chi connectivity index (χ1v) is 3.57. The lowest BCUT2D eigenvalue weighted by Crippen LogP contribution is -2.43.